The molecule has 0 bridgehead atoms. The van der Waals surface area contributed by atoms with Crippen LogP contribution in [-0.4, -0.2) is 24.2 Å². The molecule has 0 saturated carbocycles. The molecule has 0 heterocycles. The zero-order valence-electron chi connectivity index (χ0n) is 11.7. The van der Waals surface area contributed by atoms with Crippen molar-refractivity contribution in [1.82, 2.24) is 0 Å². The van der Waals surface area contributed by atoms with Gasteiger partial charge in [-0.05, 0) is 48.9 Å². The van der Waals surface area contributed by atoms with Crippen molar-refractivity contribution in [2.24, 2.45) is 0 Å². The van der Waals surface area contributed by atoms with E-state index in [9.17, 15) is 4.79 Å². The average molecular weight is 340 g/mol. The lowest BCUT2D eigenvalue weighted by molar-refractivity contribution is 0.0697. The zero-order valence-corrected chi connectivity index (χ0v) is 13.2. The molecule has 0 unspecified atom stereocenters. The summed E-state index contributed by atoms with van der Waals surface area (Å²) in [6.45, 7) is 1.22. The first-order valence-corrected chi connectivity index (χ1v) is 7.47. The fraction of sp³-hybridized carbons (Fsp3) is 0.188. The average Bonchev–Trinajstić information content (AvgIpc) is 2.49. The highest BCUT2D eigenvalue weighted by Gasteiger charge is 2.02. The van der Waals surface area contributed by atoms with Crippen molar-refractivity contribution in [2.75, 3.05) is 18.5 Å². The Hall–Kier alpha value is -1.91. The van der Waals surface area contributed by atoms with Gasteiger partial charge in [-0.25, -0.2) is 4.79 Å². The molecular formula is C16H15Cl2NO3. The van der Waals surface area contributed by atoms with Gasteiger partial charge in [-0.3, -0.25) is 0 Å². The van der Waals surface area contributed by atoms with Gasteiger partial charge in [0, 0.05) is 11.6 Å². The van der Waals surface area contributed by atoms with Crippen molar-refractivity contribution in [3.63, 3.8) is 0 Å². The van der Waals surface area contributed by atoms with Gasteiger partial charge in [0.05, 0.1) is 22.9 Å². The minimum Gasteiger partial charge on any atom is -0.494 e. The molecule has 0 radical (unpaired) electrons. The van der Waals surface area contributed by atoms with Crippen LogP contribution in [0.2, 0.25) is 10.0 Å². The highest BCUT2D eigenvalue weighted by molar-refractivity contribution is 6.36. The maximum atomic E-state index is 10.7. The molecule has 0 amide bonds. The van der Waals surface area contributed by atoms with Crippen LogP contribution >= 0.6 is 23.2 Å². The molecule has 6 heteroatoms. The number of rotatable bonds is 7. The van der Waals surface area contributed by atoms with Crippen LogP contribution in [0.3, 0.4) is 0 Å². The molecule has 2 rings (SSSR count). The van der Waals surface area contributed by atoms with E-state index >= 15 is 0 Å². The normalized spacial score (nSPS) is 10.3. The van der Waals surface area contributed by atoms with Crippen LogP contribution in [0.25, 0.3) is 0 Å². The van der Waals surface area contributed by atoms with Gasteiger partial charge in [0.25, 0.3) is 0 Å². The lowest BCUT2D eigenvalue weighted by Gasteiger charge is -2.10. The highest BCUT2D eigenvalue weighted by atomic mass is 35.5. The smallest absolute Gasteiger partial charge is 0.335 e. The second kappa shape index (κ2) is 7.92. The lowest BCUT2D eigenvalue weighted by atomic mass is 10.2. The molecule has 0 saturated heterocycles. The molecule has 0 atom stereocenters. The Morgan fingerprint density at radius 3 is 2.50 bits per heavy atom. The number of hydrogen-bond donors (Lipinski definition) is 2. The Kier molecular flexibility index (Phi) is 5.92. The number of ether oxygens (including phenoxy) is 1. The number of benzene rings is 2. The van der Waals surface area contributed by atoms with Gasteiger partial charge < -0.3 is 15.2 Å². The number of hydrogen-bond acceptors (Lipinski definition) is 3. The third-order valence-electron chi connectivity index (χ3n) is 2.94. The predicted molar refractivity (Wildman–Crippen MR) is 88.5 cm³/mol. The number of anilines is 1. The maximum Gasteiger partial charge on any atom is 0.335 e. The van der Waals surface area contributed by atoms with E-state index in [0.29, 0.717) is 28.9 Å². The monoisotopic (exact) mass is 339 g/mol. The van der Waals surface area contributed by atoms with E-state index in [0.717, 1.165) is 12.1 Å². The summed E-state index contributed by atoms with van der Waals surface area (Å²) in [7, 11) is 0. The van der Waals surface area contributed by atoms with Crippen molar-refractivity contribution in [1.29, 1.82) is 0 Å². The van der Waals surface area contributed by atoms with Crippen LogP contribution in [0.15, 0.2) is 42.5 Å². The molecule has 2 aromatic rings. The molecule has 116 valence electrons. The summed E-state index contributed by atoms with van der Waals surface area (Å²) in [6, 6.07) is 11.6. The van der Waals surface area contributed by atoms with E-state index in [1.807, 2.05) is 6.07 Å². The van der Waals surface area contributed by atoms with Gasteiger partial charge >= 0.3 is 5.97 Å². The third kappa shape index (κ3) is 4.83. The molecule has 2 aromatic carbocycles. The van der Waals surface area contributed by atoms with Crippen molar-refractivity contribution in [3.8, 4) is 5.75 Å². The molecule has 0 aliphatic rings. The number of halogens is 2. The first-order chi connectivity index (χ1) is 10.6. The summed E-state index contributed by atoms with van der Waals surface area (Å²) in [6.07, 6.45) is 0.777. The van der Waals surface area contributed by atoms with Gasteiger partial charge in [-0.2, -0.15) is 0 Å². The van der Waals surface area contributed by atoms with E-state index < -0.39 is 5.97 Å². The number of carboxylic acids is 1. The van der Waals surface area contributed by atoms with Crippen molar-refractivity contribution >= 4 is 34.9 Å². The van der Waals surface area contributed by atoms with E-state index in [4.69, 9.17) is 33.0 Å². The Bertz CT molecular complexity index is 644. The number of aromatic carboxylic acids is 1. The fourth-order valence-electron chi connectivity index (χ4n) is 1.81. The summed E-state index contributed by atoms with van der Waals surface area (Å²) >= 11 is 11.9. The molecule has 0 aromatic heterocycles. The Labute approximate surface area is 138 Å². The van der Waals surface area contributed by atoms with Gasteiger partial charge in [-0.15, -0.1) is 0 Å². The molecule has 22 heavy (non-hydrogen) atoms. The number of carbonyl (C=O) groups is 1. The predicted octanol–water partition coefficient (Wildman–Crippen LogP) is 4.57. The van der Waals surface area contributed by atoms with E-state index in [1.54, 1.807) is 24.3 Å². The summed E-state index contributed by atoms with van der Waals surface area (Å²) in [4.78, 5) is 10.7. The molecule has 4 nitrogen and oxygen atoms in total. The number of carboxylic acid groups (broad SMARTS) is 1. The molecular weight excluding hydrogens is 325 g/mol. The second-order valence-electron chi connectivity index (χ2n) is 4.58. The standard InChI is InChI=1S/C16H15Cl2NO3/c17-12-4-7-15(14(18)10-12)19-8-1-9-22-13-5-2-11(3-6-13)16(20)21/h2-7,10,19H,1,8-9H2,(H,20,21). The van der Waals surface area contributed by atoms with Crippen LogP contribution in [-0.2, 0) is 0 Å². The van der Waals surface area contributed by atoms with Crippen molar-refractivity contribution < 1.29 is 14.6 Å². The number of nitrogens with one attached hydrogen (secondary N) is 1. The van der Waals surface area contributed by atoms with Gasteiger partial charge in [0.15, 0.2) is 0 Å². The summed E-state index contributed by atoms with van der Waals surface area (Å²) in [5.74, 6) is -0.301. The SMILES string of the molecule is O=C(O)c1ccc(OCCCNc2ccc(Cl)cc2Cl)cc1. The first kappa shape index (κ1) is 16.5. The Balaban J connectivity index is 1.72. The quantitative estimate of drug-likeness (QED) is 0.725. The van der Waals surface area contributed by atoms with E-state index in [2.05, 4.69) is 5.32 Å². The van der Waals surface area contributed by atoms with Gasteiger partial charge in [0.1, 0.15) is 5.75 Å². The fourth-order valence-corrected chi connectivity index (χ4v) is 2.29. The second-order valence-corrected chi connectivity index (χ2v) is 5.43. The van der Waals surface area contributed by atoms with E-state index in [1.165, 1.54) is 12.1 Å². The molecule has 2 N–H and O–H groups in total. The van der Waals surface area contributed by atoms with Crippen LogP contribution in [0.4, 0.5) is 5.69 Å². The van der Waals surface area contributed by atoms with Crippen LogP contribution in [0, 0.1) is 0 Å². The summed E-state index contributed by atoms with van der Waals surface area (Å²) in [5, 5.41) is 13.2. The molecule has 0 fully saturated rings. The summed E-state index contributed by atoms with van der Waals surface area (Å²) in [5.41, 5.74) is 1.07. The Morgan fingerprint density at radius 1 is 1.14 bits per heavy atom. The van der Waals surface area contributed by atoms with Crippen LogP contribution in [0.5, 0.6) is 5.75 Å². The lowest BCUT2D eigenvalue weighted by Crippen LogP contribution is -2.07. The summed E-state index contributed by atoms with van der Waals surface area (Å²) < 4.78 is 5.54. The minimum absolute atomic E-state index is 0.242. The molecule has 0 spiro atoms. The maximum absolute atomic E-state index is 10.7. The third-order valence-corrected chi connectivity index (χ3v) is 3.49. The van der Waals surface area contributed by atoms with Crippen LogP contribution in [0.1, 0.15) is 16.8 Å². The van der Waals surface area contributed by atoms with Gasteiger partial charge in [-0.1, -0.05) is 23.2 Å². The van der Waals surface area contributed by atoms with Crippen molar-refractivity contribution in [3.05, 3.63) is 58.1 Å². The molecule has 0 aliphatic carbocycles. The first-order valence-electron chi connectivity index (χ1n) is 6.71. The Morgan fingerprint density at radius 2 is 1.86 bits per heavy atom. The van der Waals surface area contributed by atoms with Crippen LogP contribution < -0.4 is 10.1 Å². The largest absolute Gasteiger partial charge is 0.494 e. The minimum atomic E-state index is -0.949. The topological polar surface area (TPSA) is 58.6 Å². The zero-order chi connectivity index (χ0) is 15.9. The highest BCUT2D eigenvalue weighted by Crippen LogP contribution is 2.25. The van der Waals surface area contributed by atoms with Crippen molar-refractivity contribution in [2.45, 2.75) is 6.42 Å². The molecule has 0 aliphatic heterocycles. The van der Waals surface area contributed by atoms with E-state index in [-0.39, 0.29) is 5.56 Å². The van der Waals surface area contributed by atoms with Gasteiger partial charge in [0.2, 0.25) is 0 Å².